The molecule has 0 aliphatic heterocycles. The normalized spacial score (nSPS) is 22.7. The highest BCUT2D eigenvalue weighted by atomic mass is 16.5. The van der Waals surface area contributed by atoms with Crippen molar-refractivity contribution in [2.75, 3.05) is 7.11 Å². The Hall–Kier alpha value is -0.820. The van der Waals surface area contributed by atoms with Gasteiger partial charge in [-0.3, -0.25) is 0 Å². The van der Waals surface area contributed by atoms with Crippen LogP contribution in [0.5, 0.6) is 0 Å². The molecule has 0 atom stereocenters. The zero-order valence-corrected chi connectivity index (χ0v) is 10.3. The SMILES string of the molecule is COC1C(C)(C)c2ccccc2C1(C)C. The molecule has 0 saturated carbocycles. The van der Waals surface area contributed by atoms with E-state index in [-0.39, 0.29) is 16.9 Å². The van der Waals surface area contributed by atoms with E-state index in [0.717, 1.165) is 0 Å². The van der Waals surface area contributed by atoms with Gasteiger partial charge in [-0.2, -0.15) is 0 Å². The highest BCUT2D eigenvalue weighted by Crippen LogP contribution is 2.50. The Morgan fingerprint density at radius 2 is 1.33 bits per heavy atom. The number of benzene rings is 1. The fraction of sp³-hybridized carbons (Fsp3) is 0.571. The van der Waals surface area contributed by atoms with E-state index >= 15 is 0 Å². The Morgan fingerprint density at radius 3 is 1.67 bits per heavy atom. The summed E-state index contributed by atoms with van der Waals surface area (Å²) in [5, 5.41) is 0. The van der Waals surface area contributed by atoms with Gasteiger partial charge in [0.2, 0.25) is 0 Å². The van der Waals surface area contributed by atoms with E-state index in [1.54, 1.807) is 0 Å². The van der Waals surface area contributed by atoms with Crippen molar-refractivity contribution in [2.45, 2.75) is 44.6 Å². The van der Waals surface area contributed by atoms with Crippen LogP contribution in [0.15, 0.2) is 24.3 Å². The summed E-state index contributed by atoms with van der Waals surface area (Å²) in [4.78, 5) is 0. The second-order valence-corrected chi connectivity index (χ2v) is 5.60. The molecular weight excluding hydrogens is 184 g/mol. The van der Waals surface area contributed by atoms with E-state index in [4.69, 9.17) is 4.74 Å². The highest BCUT2D eigenvalue weighted by Gasteiger charge is 2.51. The summed E-state index contributed by atoms with van der Waals surface area (Å²) in [6, 6.07) is 8.70. The zero-order valence-electron chi connectivity index (χ0n) is 10.3. The lowest BCUT2D eigenvalue weighted by atomic mass is 9.78. The van der Waals surface area contributed by atoms with Gasteiger partial charge in [0.15, 0.2) is 0 Å². The predicted octanol–water partition coefficient (Wildman–Crippen LogP) is 3.27. The molecule has 0 saturated heterocycles. The third-order valence-electron chi connectivity index (χ3n) is 3.86. The first-order valence-corrected chi connectivity index (χ1v) is 5.55. The molecule has 1 heteroatoms. The fourth-order valence-electron chi connectivity index (χ4n) is 3.38. The average molecular weight is 204 g/mol. The number of hydrogen-bond acceptors (Lipinski definition) is 1. The molecular formula is C14H20O. The van der Waals surface area contributed by atoms with Gasteiger partial charge < -0.3 is 4.74 Å². The van der Waals surface area contributed by atoms with Gasteiger partial charge in [0.25, 0.3) is 0 Å². The zero-order chi connectivity index (χ0) is 11.3. The van der Waals surface area contributed by atoms with Crippen molar-refractivity contribution in [3.63, 3.8) is 0 Å². The maximum Gasteiger partial charge on any atom is 0.0753 e. The minimum absolute atomic E-state index is 0.106. The van der Waals surface area contributed by atoms with Gasteiger partial charge in [-0.1, -0.05) is 52.0 Å². The van der Waals surface area contributed by atoms with Gasteiger partial charge in [-0.15, -0.1) is 0 Å². The van der Waals surface area contributed by atoms with E-state index in [1.165, 1.54) is 11.1 Å². The molecule has 0 radical (unpaired) electrons. The van der Waals surface area contributed by atoms with E-state index in [0.29, 0.717) is 0 Å². The summed E-state index contributed by atoms with van der Waals surface area (Å²) >= 11 is 0. The van der Waals surface area contributed by atoms with E-state index in [1.807, 2.05) is 7.11 Å². The predicted molar refractivity (Wildman–Crippen MR) is 63.3 cm³/mol. The Labute approximate surface area is 92.5 Å². The molecule has 1 nitrogen and oxygen atoms in total. The van der Waals surface area contributed by atoms with Crippen LogP contribution in [0.25, 0.3) is 0 Å². The van der Waals surface area contributed by atoms with Crippen molar-refractivity contribution < 1.29 is 4.74 Å². The van der Waals surface area contributed by atoms with Gasteiger partial charge >= 0.3 is 0 Å². The summed E-state index contributed by atoms with van der Waals surface area (Å²) in [5.41, 5.74) is 3.08. The van der Waals surface area contributed by atoms with Crippen LogP contribution < -0.4 is 0 Å². The largest absolute Gasteiger partial charge is 0.380 e. The molecule has 82 valence electrons. The van der Waals surface area contributed by atoms with E-state index in [9.17, 15) is 0 Å². The van der Waals surface area contributed by atoms with Gasteiger partial charge in [0, 0.05) is 17.9 Å². The summed E-state index contributed by atoms with van der Waals surface area (Å²) in [6.07, 6.45) is 0.252. The third-order valence-corrected chi connectivity index (χ3v) is 3.86. The van der Waals surface area contributed by atoms with Crippen LogP contribution in [-0.4, -0.2) is 13.2 Å². The Kier molecular flexibility index (Phi) is 2.20. The van der Waals surface area contributed by atoms with E-state index in [2.05, 4.69) is 52.0 Å². The Bertz CT molecular complexity index is 342. The lowest BCUT2D eigenvalue weighted by Crippen LogP contribution is -2.40. The van der Waals surface area contributed by atoms with Gasteiger partial charge in [0.05, 0.1) is 6.10 Å². The maximum atomic E-state index is 5.72. The number of hydrogen-bond donors (Lipinski definition) is 0. The second-order valence-electron chi connectivity index (χ2n) is 5.60. The topological polar surface area (TPSA) is 9.23 Å². The summed E-state index contributed by atoms with van der Waals surface area (Å²) in [5.74, 6) is 0. The van der Waals surface area contributed by atoms with Crippen molar-refractivity contribution >= 4 is 0 Å². The molecule has 1 aromatic rings. The number of fused-ring (bicyclic) bond motifs is 1. The van der Waals surface area contributed by atoms with Crippen LogP contribution in [-0.2, 0) is 15.6 Å². The molecule has 0 N–H and O–H groups in total. The monoisotopic (exact) mass is 204 g/mol. The van der Waals surface area contributed by atoms with Crippen molar-refractivity contribution in [1.29, 1.82) is 0 Å². The molecule has 0 spiro atoms. The molecule has 1 aliphatic rings. The number of rotatable bonds is 1. The van der Waals surface area contributed by atoms with Gasteiger partial charge in [-0.05, 0) is 11.1 Å². The van der Waals surface area contributed by atoms with Crippen LogP contribution in [0.2, 0.25) is 0 Å². The lowest BCUT2D eigenvalue weighted by Gasteiger charge is -2.34. The first-order chi connectivity index (χ1) is 6.92. The molecule has 1 aromatic carbocycles. The van der Waals surface area contributed by atoms with Crippen LogP contribution in [0.4, 0.5) is 0 Å². The molecule has 0 fully saturated rings. The fourth-order valence-corrected chi connectivity index (χ4v) is 3.38. The highest BCUT2D eigenvalue weighted by molar-refractivity contribution is 5.47. The van der Waals surface area contributed by atoms with Crippen LogP contribution in [0.3, 0.4) is 0 Å². The maximum absolute atomic E-state index is 5.72. The molecule has 0 unspecified atom stereocenters. The number of methoxy groups -OCH3 is 1. The molecule has 15 heavy (non-hydrogen) atoms. The summed E-state index contributed by atoms with van der Waals surface area (Å²) in [6.45, 7) is 9.09. The minimum Gasteiger partial charge on any atom is -0.380 e. The van der Waals surface area contributed by atoms with Crippen molar-refractivity contribution in [3.8, 4) is 0 Å². The Morgan fingerprint density at radius 1 is 0.933 bits per heavy atom. The van der Waals surface area contributed by atoms with Gasteiger partial charge in [0.1, 0.15) is 0 Å². The molecule has 2 rings (SSSR count). The lowest BCUT2D eigenvalue weighted by molar-refractivity contribution is 0.0105. The van der Waals surface area contributed by atoms with E-state index < -0.39 is 0 Å². The average Bonchev–Trinajstić information content (AvgIpc) is 2.32. The smallest absolute Gasteiger partial charge is 0.0753 e. The van der Waals surface area contributed by atoms with Crippen molar-refractivity contribution in [3.05, 3.63) is 35.4 Å². The molecule has 0 amide bonds. The van der Waals surface area contributed by atoms with Crippen molar-refractivity contribution in [2.24, 2.45) is 0 Å². The molecule has 0 aromatic heterocycles. The third kappa shape index (κ3) is 1.26. The summed E-state index contributed by atoms with van der Waals surface area (Å²) in [7, 11) is 1.82. The minimum atomic E-state index is 0.106. The quantitative estimate of drug-likeness (QED) is 0.682. The standard InChI is InChI=1S/C14H20O/c1-13(2)10-8-6-7-9-11(10)14(3,4)12(13)15-5/h6-9,12H,1-5H3. The Balaban J connectivity index is 2.65. The number of ether oxygens (including phenoxy) is 1. The van der Waals surface area contributed by atoms with Crippen LogP contribution >= 0.6 is 0 Å². The first-order valence-electron chi connectivity index (χ1n) is 5.55. The van der Waals surface area contributed by atoms with Crippen LogP contribution in [0, 0.1) is 0 Å². The second kappa shape index (κ2) is 3.08. The molecule has 0 heterocycles. The van der Waals surface area contributed by atoms with Gasteiger partial charge in [-0.25, -0.2) is 0 Å². The molecule has 1 aliphatic carbocycles. The summed E-state index contributed by atoms with van der Waals surface area (Å²) < 4.78 is 5.72. The first kappa shape index (κ1) is 10.7. The molecule has 0 bridgehead atoms. The van der Waals surface area contributed by atoms with Crippen LogP contribution in [0.1, 0.15) is 38.8 Å². The van der Waals surface area contributed by atoms with Crippen molar-refractivity contribution in [1.82, 2.24) is 0 Å².